The Morgan fingerprint density at radius 2 is 1.84 bits per heavy atom. The predicted molar refractivity (Wildman–Crippen MR) is 89.9 cm³/mol. The van der Waals surface area contributed by atoms with Gasteiger partial charge in [-0.1, -0.05) is 0 Å². The molecule has 1 N–H and O–H groups in total. The number of hydrogen-bond donors (Lipinski definition) is 1. The van der Waals surface area contributed by atoms with Crippen LogP contribution in [0.5, 0.6) is 17.2 Å². The van der Waals surface area contributed by atoms with Crippen LogP contribution in [0.1, 0.15) is 0 Å². The Morgan fingerprint density at radius 1 is 1.12 bits per heavy atom. The molecular formula is C17H15F2NO4S. The van der Waals surface area contributed by atoms with Crippen molar-refractivity contribution in [3.05, 3.63) is 42.5 Å². The van der Waals surface area contributed by atoms with Crippen LogP contribution in [-0.4, -0.2) is 31.5 Å². The van der Waals surface area contributed by atoms with Gasteiger partial charge >= 0.3 is 6.61 Å². The monoisotopic (exact) mass is 367 g/mol. The third kappa shape index (κ3) is 4.99. The van der Waals surface area contributed by atoms with Crippen molar-refractivity contribution in [1.29, 1.82) is 0 Å². The van der Waals surface area contributed by atoms with Crippen LogP contribution in [0.4, 0.5) is 14.5 Å². The van der Waals surface area contributed by atoms with Gasteiger partial charge in [0.1, 0.15) is 19.0 Å². The topological polar surface area (TPSA) is 56.8 Å². The zero-order valence-electron chi connectivity index (χ0n) is 13.0. The molecule has 1 aliphatic rings. The number of amides is 1. The van der Waals surface area contributed by atoms with E-state index in [2.05, 4.69) is 10.1 Å². The van der Waals surface area contributed by atoms with Gasteiger partial charge in [-0.2, -0.15) is 8.78 Å². The molecule has 0 aromatic heterocycles. The van der Waals surface area contributed by atoms with Crippen molar-refractivity contribution in [1.82, 2.24) is 0 Å². The van der Waals surface area contributed by atoms with Crippen molar-refractivity contribution < 1.29 is 27.8 Å². The molecule has 0 saturated carbocycles. The summed E-state index contributed by atoms with van der Waals surface area (Å²) in [6, 6.07) is 11.3. The van der Waals surface area contributed by atoms with Crippen LogP contribution in [0.25, 0.3) is 0 Å². The zero-order chi connectivity index (χ0) is 17.6. The fourth-order valence-corrected chi connectivity index (χ4v) is 2.90. The number of thioether (sulfide) groups is 1. The lowest BCUT2D eigenvalue weighted by atomic mass is 10.3. The molecule has 0 radical (unpaired) electrons. The van der Waals surface area contributed by atoms with E-state index in [0.717, 1.165) is 4.90 Å². The number of ether oxygens (including phenoxy) is 3. The van der Waals surface area contributed by atoms with E-state index >= 15 is 0 Å². The summed E-state index contributed by atoms with van der Waals surface area (Å²) in [5.41, 5.74) is 0.509. The normalized spacial score (nSPS) is 12.8. The molecule has 0 aliphatic carbocycles. The first-order chi connectivity index (χ1) is 12.1. The predicted octanol–water partition coefficient (Wildman–Crippen LogP) is 3.79. The molecule has 0 unspecified atom stereocenters. The highest BCUT2D eigenvalue weighted by atomic mass is 32.2. The molecule has 2 aromatic rings. The minimum atomic E-state index is -2.87. The SMILES string of the molecule is O=C(CSc1ccc2c(c1)OCCO2)Nc1ccc(OC(F)F)cc1. The van der Waals surface area contributed by atoms with Gasteiger partial charge in [0.2, 0.25) is 5.91 Å². The molecule has 0 bridgehead atoms. The largest absolute Gasteiger partial charge is 0.486 e. The van der Waals surface area contributed by atoms with E-state index in [-0.39, 0.29) is 17.4 Å². The number of anilines is 1. The van der Waals surface area contributed by atoms with Gasteiger partial charge in [-0.3, -0.25) is 4.79 Å². The fourth-order valence-electron chi connectivity index (χ4n) is 2.18. The number of carbonyl (C=O) groups excluding carboxylic acids is 1. The number of alkyl halides is 2. The van der Waals surface area contributed by atoms with Gasteiger partial charge in [-0.25, -0.2) is 0 Å². The van der Waals surface area contributed by atoms with Gasteiger partial charge in [0.25, 0.3) is 0 Å². The summed E-state index contributed by atoms with van der Waals surface area (Å²) in [5.74, 6) is 1.41. The number of fused-ring (bicyclic) bond motifs is 1. The Morgan fingerprint density at radius 3 is 2.56 bits per heavy atom. The Kier molecular flexibility index (Phi) is 5.60. The van der Waals surface area contributed by atoms with E-state index in [1.807, 2.05) is 18.2 Å². The van der Waals surface area contributed by atoms with E-state index in [9.17, 15) is 13.6 Å². The lowest BCUT2D eigenvalue weighted by molar-refractivity contribution is -0.113. The molecule has 0 spiro atoms. The van der Waals surface area contributed by atoms with Crippen LogP contribution in [0.3, 0.4) is 0 Å². The van der Waals surface area contributed by atoms with Crippen molar-refractivity contribution in [3.63, 3.8) is 0 Å². The van der Waals surface area contributed by atoms with Crippen LogP contribution >= 0.6 is 11.8 Å². The minimum Gasteiger partial charge on any atom is -0.486 e. The molecule has 1 heterocycles. The van der Waals surface area contributed by atoms with Gasteiger partial charge < -0.3 is 19.5 Å². The zero-order valence-corrected chi connectivity index (χ0v) is 13.9. The van der Waals surface area contributed by atoms with E-state index < -0.39 is 6.61 Å². The van der Waals surface area contributed by atoms with E-state index in [0.29, 0.717) is 30.4 Å². The molecule has 25 heavy (non-hydrogen) atoms. The van der Waals surface area contributed by atoms with Crippen LogP contribution < -0.4 is 19.5 Å². The molecular weight excluding hydrogens is 352 g/mol. The minimum absolute atomic E-state index is 0.0404. The Bertz CT molecular complexity index is 740. The summed E-state index contributed by atoms with van der Waals surface area (Å²) in [7, 11) is 0. The van der Waals surface area contributed by atoms with Crippen LogP contribution in [0.2, 0.25) is 0 Å². The second kappa shape index (κ2) is 8.06. The summed E-state index contributed by atoms with van der Waals surface area (Å²) < 4.78 is 39.4. The van der Waals surface area contributed by atoms with Crippen molar-refractivity contribution in [2.45, 2.75) is 11.5 Å². The van der Waals surface area contributed by atoms with Gasteiger partial charge in [0.05, 0.1) is 5.75 Å². The number of hydrogen-bond acceptors (Lipinski definition) is 5. The van der Waals surface area contributed by atoms with Gasteiger partial charge in [-0.05, 0) is 42.5 Å². The smallest absolute Gasteiger partial charge is 0.387 e. The highest BCUT2D eigenvalue weighted by Crippen LogP contribution is 2.34. The van der Waals surface area contributed by atoms with Crippen LogP contribution in [0.15, 0.2) is 47.4 Å². The summed E-state index contributed by atoms with van der Waals surface area (Å²) in [5, 5.41) is 2.70. The summed E-state index contributed by atoms with van der Waals surface area (Å²) >= 11 is 1.36. The fraction of sp³-hybridized carbons (Fsp3) is 0.235. The van der Waals surface area contributed by atoms with Crippen LogP contribution in [-0.2, 0) is 4.79 Å². The van der Waals surface area contributed by atoms with Gasteiger partial charge in [-0.15, -0.1) is 11.8 Å². The summed E-state index contributed by atoms with van der Waals surface area (Å²) in [6.07, 6.45) is 0. The Hall–Kier alpha value is -2.48. The first-order valence-corrected chi connectivity index (χ1v) is 8.46. The molecule has 1 aliphatic heterocycles. The van der Waals surface area contributed by atoms with Gasteiger partial charge in [0, 0.05) is 10.6 Å². The number of benzene rings is 2. The lowest BCUT2D eigenvalue weighted by Crippen LogP contribution is -2.15. The third-order valence-corrected chi connectivity index (χ3v) is 4.24. The van der Waals surface area contributed by atoms with E-state index in [1.54, 1.807) is 0 Å². The van der Waals surface area contributed by atoms with Crippen molar-refractivity contribution in [2.24, 2.45) is 0 Å². The van der Waals surface area contributed by atoms with Crippen molar-refractivity contribution in [2.75, 3.05) is 24.3 Å². The third-order valence-electron chi connectivity index (χ3n) is 3.25. The van der Waals surface area contributed by atoms with Crippen molar-refractivity contribution in [3.8, 4) is 17.2 Å². The molecule has 0 fully saturated rings. The molecule has 3 rings (SSSR count). The van der Waals surface area contributed by atoms with E-state index in [1.165, 1.54) is 36.0 Å². The average molecular weight is 367 g/mol. The molecule has 1 amide bonds. The Labute approximate surface area is 147 Å². The maximum atomic E-state index is 12.1. The molecule has 132 valence electrons. The maximum Gasteiger partial charge on any atom is 0.387 e. The molecule has 8 heteroatoms. The Balaban J connectivity index is 1.51. The van der Waals surface area contributed by atoms with Gasteiger partial charge in [0.15, 0.2) is 11.5 Å². The molecule has 2 aromatic carbocycles. The average Bonchev–Trinajstić information content (AvgIpc) is 2.61. The quantitative estimate of drug-likeness (QED) is 0.788. The number of rotatable bonds is 6. The second-order valence-corrected chi connectivity index (χ2v) is 6.09. The lowest BCUT2D eigenvalue weighted by Gasteiger charge is -2.18. The van der Waals surface area contributed by atoms with Crippen LogP contribution in [0, 0.1) is 0 Å². The highest BCUT2D eigenvalue weighted by Gasteiger charge is 2.13. The number of nitrogens with one attached hydrogen (secondary N) is 1. The standard InChI is InChI=1S/C17H15F2NO4S/c18-17(19)24-12-3-1-11(2-4-12)20-16(21)10-25-13-5-6-14-15(9-13)23-8-7-22-14/h1-6,9,17H,7-8,10H2,(H,20,21). The number of carbonyl (C=O) groups is 1. The first kappa shape index (κ1) is 17.3. The summed E-state index contributed by atoms with van der Waals surface area (Å²) in [6.45, 7) is -1.83. The summed E-state index contributed by atoms with van der Waals surface area (Å²) in [4.78, 5) is 12.9. The first-order valence-electron chi connectivity index (χ1n) is 7.47. The molecule has 0 saturated heterocycles. The number of halogens is 2. The highest BCUT2D eigenvalue weighted by molar-refractivity contribution is 8.00. The molecule has 0 atom stereocenters. The van der Waals surface area contributed by atoms with E-state index in [4.69, 9.17) is 9.47 Å². The molecule has 5 nitrogen and oxygen atoms in total. The van der Waals surface area contributed by atoms with Crippen molar-refractivity contribution >= 4 is 23.4 Å². The maximum absolute atomic E-state index is 12.1. The second-order valence-electron chi connectivity index (χ2n) is 5.05.